The fourth-order valence-corrected chi connectivity index (χ4v) is 5.90. The summed E-state index contributed by atoms with van der Waals surface area (Å²) in [6, 6.07) is 20.4. The highest BCUT2D eigenvalue weighted by Crippen LogP contribution is 2.23. The largest absolute Gasteiger partial charge is 0.459 e. The quantitative estimate of drug-likeness (QED) is 0.163. The summed E-state index contributed by atoms with van der Waals surface area (Å²) in [6.45, 7) is 3.70. The van der Waals surface area contributed by atoms with Gasteiger partial charge in [-0.15, -0.1) is 0 Å². The van der Waals surface area contributed by atoms with E-state index in [1.54, 1.807) is 90.3 Å². The Morgan fingerprint density at radius 1 is 0.976 bits per heavy atom. The fraction of sp³-hybridized carbons (Fsp3) is 0.138. The van der Waals surface area contributed by atoms with Crippen LogP contribution in [-0.2, 0) is 23.1 Å². The normalized spacial score (nSPS) is 12.0. The molecule has 0 radical (unpaired) electrons. The fourth-order valence-electron chi connectivity index (χ4n) is 4.22. The van der Waals surface area contributed by atoms with Crippen molar-refractivity contribution in [1.82, 2.24) is 19.1 Å². The molecule has 5 aromatic rings. The molecule has 1 N–H and O–H groups in total. The number of halogens is 2. The molecule has 1 amide bonds. The van der Waals surface area contributed by atoms with Crippen molar-refractivity contribution in [1.29, 1.82) is 0 Å². The standard InChI is InChI=1S/C29H25Cl2N5O4S/c1-19-3-12-26(13-4-19)41(38,39)35(16-21-5-7-22(30)8-6-21)18-25-11-10-24(40-25)15-32-34-29(37)28-20(2)33-27-14-9-23(31)17-36(27)28/h3-15,17H,16,18H2,1-2H3,(H,34,37)/b32-15+. The van der Waals surface area contributed by atoms with Crippen LogP contribution in [-0.4, -0.2) is 34.2 Å². The zero-order valence-electron chi connectivity index (χ0n) is 22.1. The van der Waals surface area contributed by atoms with Gasteiger partial charge >= 0.3 is 0 Å². The van der Waals surface area contributed by atoms with Gasteiger partial charge in [0.05, 0.1) is 28.4 Å². The molecule has 41 heavy (non-hydrogen) atoms. The number of nitrogens with one attached hydrogen (secondary N) is 1. The van der Waals surface area contributed by atoms with E-state index in [0.29, 0.717) is 38.6 Å². The summed E-state index contributed by atoms with van der Waals surface area (Å²) in [5.41, 5.74) is 5.61. The van der Waals surface area contributed by atoms with Gasteiger partial charge in [-0.1, -0.05) is 53.0 Å². The lowest BCUT2D eigenvalue weighted by molar-refractivity contribution is 0.0948. The summed E-state index contributed by atoms with van der Waals surface area (Å²) in [5.74, 6) is 0.255. The van der Waals surface area contributed by atoms with Gasteiger partial charge in [0, 0.05) is 17.8 Å². The van der Waals surface area contributed by atoms with Crippen molar-refractivity contribution in [2.24, 2.45) is 5.10 Å². The summed E-state index contributed by atoms with van der Waals surface area (Å²) >= 11 is 12.1. The lowest BCUT2D eigenvalue weighted by Crippen LogP contribution is -2.30. The average molecular weight is 611 g/mol. The third-order valence-corrected chi connectivity index (χ3v) is 8.56. The van der Waals surface area contributed by atoms with Crippen LogP contribution in [0.3, 0.4) is 0 Å². The number of hydrogen-bond acceptors (Lipinski definition) is 6. The Morgan fingerprint density at radius 2 is 1.68 bits per heavy atom. The Labute approximate surface area is 247 Å². The topological polar surface area (TPSA) is 109 Å². The van der Waals surface area contributed by atoms with Gasteiger partial charge in [0.15, 0.2) is 0 Å². The summed E-state index contributed by atoms with van der Waals surface area (Å²) in [5, 5.41) is 5.03. The van der Waals surface area contributed by atoms with Crippen LogP contribution in [0.2, 0.25) is 10.0 Å². The van der Waals surface area contributed by atoms with Crippen LogP contribution in [0.15, 0.2) is 93.4 Å². The highest BCUT2D eigenvalue weighted by molar-refractivity contribution is 7.89. The zero-order valence-corrected chi connectivity index (χ0v) is 24.4. The number of hydrogen-bond donors (Lipinski definition) is 1. The number of benzene rings is 2. The zero-order chi connectivity index (χ0) is 29.1. The van der Waals surface area contributed by atoms with E-state index in [1.807, 2.05) is 6.92 Å². The molecule has 210 valence electrons. The van der Waals surface area contributed by atoms with Crippen LogP contribution in [0.25, 0.3) is 5.65 Å². The number of fused-ring (bicyclic) bond motifs is 1. The second kappa shape index (κ2) is 11.9. The van der Waals surface area contributed by atoms with Crippen LogP contribution in [0.1, 0.15) is 38.8 Å². The highest BCUT2D eigenvalue weighted by atomic mass is 35.5. The lowest BCUT2D eigenvalue weighted by Gasteiger charge is -2.21. The summed E-state index contributed by atoms with van der Waals surface area (Å²) in [4.78, 5) is 17.4. The van der Waals surface area contributed by atoms with Crippen LogP contribution < -0.4 is 5.43 Å². The number of imidazole rings is 1. The number of rotatable bonds is 9. The molecule has 0 saturated carbocycles. The molecule has 0 fully saturated rings. The van der Waals surface area contributed by atoms with Crippen molar-refractivity contribution in [3.8, 4) is 0 Å². The number of furan rings is 1. The van der Waals surface area contributed by atoms with Crippen LogP contribution in [0.4, 0.5) is 0 Å². The Bertz CT molecular complexity index is 1850. The van der Waals surface area contributed by atoms with Crippen molar-refractivity contribution in [2.45, 2.75) is 31.8 Å². The van der Waals surface area contributed by atoms with Gasteiger partial charge < -0.3 is 4.42 Å². The van der Waals surface area contributed by atoms with Gasteiger partial charge in [0.1, 0.15) is 22.9 Å². The smallest absolute Gasteiger partial charge is 0.290 e. The maximum absolute atomic E-state index is 13.6. The molecular formula is C29H25Cl2N5O4S. The first kappa shape index (κ1) is 28.6. The molecule has 12 heteroatoms. The van der Waals surface area contributed by atoms with Crippen LogP contribution in [0.5, 0.6) is 0 Å². The number of pyridine rings is 1. The Kier molecular flexibility index (Phi) is 8.27. The van der Waals surface area contributed by atoms with E-state index in [2.05, 4.69) is 15.5 Å². The van der Waals surface area contributed by atoms with Gasteiger partial charge in [-0.3, -0.25) is 9.20 Å². The number of aryl methyl sites for hydroxylation is 2. The Balaban J connectivity index is 1.33. The van der Waals surface area contributed by atoms with E-state index >= 15 is 0 Å². The van der Waals surface area contributed by atoms with E-state index in [4.69, 9.17) is 27.6 Å². The molecule has 5 rings (SSSR count). The monoisotopic (exact) mass is 609 g/mol. The van der Waals surface area contributed by atoms with Gasteiger partial charge in [0.2, 0.25) is 10.0 Å². The minimum absolute atomic E-state index is 0.0270. The van der Waals surface area contributed by atoms with E-state index in [9.17, 15) is 13.2 Å². The molecule has 0 spiro atoms. The molecule has 0 aliphatic rings. The third-order valence-electron chi connectivity index (χ3n) is 6.28. The molecule has 3 aromatic heterocycles. The van der Waals surface area contributed by atoms with Gasteiger partial charge in [-0.2, -0.15) is 9.41 Å². The third kappa shape index (κ3) is 6.52. The summed E-state index contributed by atoms with van der Waals surface area (Å²) in [6.07, 6.45) is 2.94. The molecule has 0 aliphatic carbocycles. The highest BCUT2D eigenvalue weighted by Gasteiger charge is 2.26. The van der Waals surface area contributed by atoms with Crippen molar-refractivity contribution in [3.05, 3.63) is 123 Å². The first-order valence-corrected chi connectivity index (χ1v) is 14.7. The number of hydrazone groups is 1. The lowest BCUT2D eigenvalue weighted by atomic mass is 10.2. The predicted octanol–water partition coefficient (Wildman–Crippen LogP) is 6.01. The van der Waals surface area contributed by atoms with E-state index < -0.39 is 15.9 Å². The molecule has 0 unspecified atom stereocenters. The molecule has 2 aromatic carbocycles. The molecule has 0 aliphatic heterocycles. The Hall–Kier alpha value is -3.96. The number of aromatic nitrogens is 2. The first-order chi connectivity index (χ1) is 19.6. The average Bonchev–Trinajstić information content (AvgIpc) is 3.52. The minimum Gasteiger partial charge on any atom is -0.459 e. The van der Waals surface area contributed by atoms with Crippen molar-refractivity contribution in [2.75, 3.05) is 0 Å². The van der Waals surface area contributed by atoms with Crippen molar-refractivity contribution < 1.29 is 17.6 Å². The number of carbonyl (C=O) groups excluding carboxylic acids is 1. The maximum atomic E-state index is 13.6. The SMILES string of the molecule is Cc1ccc(S(=O)(=O)N(Cc2ccc(Cl)cc2)Cc2ccc(/C=N/NC(=O)c3c(C)nc4ccc(Cl)cn34)o2)cc1. The molecule has 0 atom stereocenters. The molecular weight excluding hydrogens is 585 g/mol. The maximum Gasteiger partial charge on any atom is 0.290 e. The van der Waals surface area contributed by atoms with Gasteiger partial charge in [-0.25, -0.2) is 18.8 Å². The van der Waals surface area contributed by atoms with Gasteiger partial charge in [-0.05, 0) is 67.9 Å². The van der Waals surface area contributed by atoms with E-state index in [0.717, 1.165) is 11.1 Å². The number of nitrogens with zero attached hydrogens (tertiary/aromatic N) is 4. The van der Waals surface area contributed by atoms with Crippen LogP contribution >= 0.6 is 23.2 Å². The number of sulfonamides is 1. The predicted molar refractivity (Wildman–Crippen MR) is 158 cm³/mol. The number of carbonyl (C=O) groups is 1. The summed E-state index contributed by atoms with van der Waals surface area (Å²) in [7, 11) is -3.86. The minimum atomic E-state index is -3.86. The molecule has 0 bridgehead atoms. The van der Waals surface area contributed by atoms with Crippen LogP contribution in [0, 0.1) is 13.8 Å². The first-order valence-electron chi connectivity index (χ1n) is 12.5. The summed E-state index contributed by atoms with van der Waals surface area (Å²) < 4.78 is 36.0. The second-order valence-corrected chi connectivity index (χ2v) is 12.1. The second-order valence-electron chi connectivity index (χ2n) is 9.34. The van der Waals surface area contributed by atoms with Crippen molar-refractivity contribution >= 4 is 51.0 Å². The molecule has 9 nitrogen and oxygen atoms in total. The van der Waals surface area contributed by atoms with Crippen molar-refractivity contribution in [3.63, 3.8) is 0 Å². The Morgan fingerprint density at radius 3 is 2.41 bits per heavy atom. The molecule has 0 saturated heterocycles. The molecule has 3 heterocycles. The van der Waals surface area contributed by atoms with E-state index in [1.165, 1.54) is 10.5 Å². The van der Waals surface area contributed by atoms with E-state index in [-0.39, 0.29) is 18.0 Å². The van der Waals surface area contributed by atoms with Gasteiger partial charge in [0.25, 0.3) is 5.91 Å². The number of amides is 1.